The highest BCUT2D eigenvalue weighted by atomic mass is 16.6. The van der Waals surface area contributed by atoms with Crippen molar-refractivity contribution in [3.05, 3.63) is 0 Å². The lowest BCUT2D eigenvalue weighted by Crippen LogP contribution is -2.50. The lowest BCUT2D eigenvalue weighted by atomic mass is 9.90. The average Bonchev–Trinajstić information content (AvgIpc) is 2.26. The number of carbonyl (C=O) groups excluding carboxylic acids is 2. The van der Waals surface area contributed by atoms with Crippen molar-refractivity contribution in [2.45, 2.75) is 24.5 Å². The third-order valence-corrected chi connectivity index (χ3v) is 2.39. The predicted octanol–water partition coefficient (Wildman–Crippen LogP) is -0.758. The highest BCUT2D eigenvalue weighted by molar-refractivity contribution is 5.82. The van der Waals surface area contributed by atoms with Crippen LogP contribution in [0.4, 0.5) is 0 Å². The normalized spacial score (nSPS) is 30.7. The zero-order valence-corrected chi connectivity index (χ0v) is 8.69. The second-order valence-corrected chi connectivity index (χ2v) is 3.36. The number of aliphatic hydroxyl groups is 1. The Balaban J connectivity index is 2.70. The summed E-state index contributed by atoms with van der Waals surface area (Å²) in [6.07, 6.45) is -0.924. The maximum atomic E-state index is 11.3. The van der Waals surface area contributed by atoms with E-state index in [1.807, 2.05) is 0 Å². The molecular formula is C9H14O6. The SMILES string of the molecule is COC(=O)C1CC(O)(C(=O)OC)CCO1. The predicted molar refractivity (Wildman–Crippen MR) is 48.0 cm³/mol. The number of ether oxygens (including phenoxy) is 3. The minimum Gasteiger partial charge on any atom is -0.467 e. The Morgan fingerprint density at radius 2 is 2.07 bits per heavy atom. The molecule has 15 heavy (non-hydrogen) atoms. The van der Waals surface area contributed by atoms with Crippen LogP contribution in [0, 0.1) is 0 Å². The van der Waals surface area contributed by atoms with Crippen LogP contribution in [0.1, 0.15) is 12.8 Å². The maximum absolute atomic E-state index is 11.3. The van der Waals surface area contributed by atoms with E-state index in [9.17, 15) is 14.7 Å². The first-order chi connectivity index (χ1) is 7.03. The zero-order chi connectivity index (χ0) is 11.5. The summed E-state index contributed by atoms with van der Waals surface area (Å²) in [7, 11) is 2.40. The Morgan fingerprint density at radius 1 is 1.40 bits per heavy atom. The van der Waals surface area contributed by atoms with Crippen molar-refractivity contribution >= 4 is 11.9 Å². The molecule has 1 fully saturated rings. The van der Waals surface area contributed by atoms with Crippen molar-refractivity contribution in [1.82, 2.24) is 0 Å². The molecule has 0 aromatic carbocycles. The topological polar surface area (TPSA) is 82.1 Å². The number of hydrogen-bond donors (Lipinski definition) is 1. The monoisotopic (exact) mass is 218 g/mol. The van der Waals surface area contributed by atoms with E-state index in [0.29, 0.717) is 0 Å². The molecule has 1 aliphatic rings. The van der Waals surface area contributed by atoms with Gasteiger partial charge in [-0.05, 0) is 0 Å². The van der Waals surface area contributed by atoms with Crippen LogP contribution in [-0.4, -0.2) is 49.6 Å². The van der Waals surface area contributed by atoms with Crippen LogP contribution in [-0.2, 0) is 23.8 Å². The highest BCUT2D eigenvalue weighted by Crippen LogP contribution is 2.26. The standard InChI is InChI=1S/C9H14O6/c1-13-7(10)6-5-9(12,3-4-15-6)8(11)14-2/h6,12H,3-5H2,1-2H3. The number of methoxy groups -OCH3 is 2. The van der Waals surface area contributed by atoms with Crippen LogP contribution < -0.4 is 0 Å². The fourth-order valence-electron chi connectivity index (χ4n) is 1.50. The van der Waals surface area contributed by atoms with Gasteiger partial charge in [-0.25, -0.2) is 9.59 Å². The van der Waals surface area contributed by atoms with E-state index in [1.54, 1.807) is 0 Å². The van der Waals surface area contributed by atoms with Crippen LogP contribution in [0.3, 0.4) is 0 Å². The van der Waals surface area contributed by atoms with Gasteiger partial charge in [0.05, 0.1) is 20.8 Å². The summed E-state index contributed by atoms with van der Waals surface area (Å²) in [4.78, 5) is 22.4. The van der Waals surface area contributed by atoms with Gasteiger partial charge in [-0.2, -0.15) is 0 Å². The van der Waals surface area contributed by atoms with Gasteiger partial charge in [0.25, 0.3) is 0 Å². The summed E-state index contributed by atoms with van der Waals surface area (Å²) < 4.78 is 14.0. The Morgan fingerprint density at radius 3 is 2.60 bits per heavy atom. The van der Waals surface area contributed by atoms with Crippen molar-refractivity contribution < 1.29 is 28.9 Å². The Bertz CT molecular complexity index is 263. The molecular weight excluding hydrogens is 204 g/mol. The van der Waals surface area contributed by atoms with Crippen LogP contribution in [0.5, 0.6) is 0 Å². The van der Waals surface area contributed by atoms with E-state index in [0.717, 1.165) is 0 Å². The summed E-state index contributed by atoms with van der Waals surface area (Å²) in [5.41, 5.74) is -1.65. The van der Waals surface area contributed by atoms with E-state index >= 15 is 0 Å². The van der Waals surface area contributed by atoms with Gasteiger partial charge in [0.1, 0.15) is 0 Å². The molecule has 6 nitrogen and oxygen atoms in total. The number of esters is 2. The van der Waals surface area contributed by atoms with Gasteiger partial charge in [-0.1, -0.05) is 0 Å². The van der Waals surface area contributed by atoms with Crippen molar-refractivity contribution in [2.75, 3.05) is 20.8 Å². The maximum Gasteiger partial charge on any atom is 0.338 e. The van der Waals surface area contributed by atoms with Gasteiger partial charge in [0, 0.05) is 12.8 Å². The smallest absolute Gasteiger partial charge is 0.338 e. The van der Waals surface area contributed by atoms with Gasteiger partial charge >= 0.3 is 11.9 Å². The molecule has 2 unspecified atom stereocenters. The molecule has 1 saturated heterocycles. The molecule has 1 heterocycles. The van der Waals surface area contributed by atoms with Gasteiger partial charge in [0.15, 0.2) is 11.7 Å². The molecule has 0 aromatic rings. The van der Waals surface area contributed by atoms with Gasteiger partial charge < -0.3 is 19.3 Å². The van der Waals surface area contributed by atoms with Crippen molar-refractivity contribution in [3.8, 4) is 0 Å². The fraction of sp³-hybridized carbons (Fsp3) is 0.778. The molecule has 0 bridgehead atoms. The molecule has 1 rings (SSSR count). The van der Waals surface area contributed by atoms with Crippen LogP contribution in [0.25, 0.3) is 0 Å². The number of rotatable bonds is 2. The van der Waals surface area contributed by atoms with Crippen molar-refractivity contribution in [3.63, 3.8) is 0 Å². The molecule has 0 radical (unpaired) electrons. The van der Waals surface area contributed by atoms with Gasteiger partial charge in [-0.3, -0.25) is 0 Å². The summed E-state index contributed by atoms with van der Waals surface area (Å²) in [5, 5.41) is 9.89. The average molecular weight is 218 g/mol. The van der Waals surface area contributed by atoms with E-state index in [-0.39, 0.29) is 19.4 Å². The zero-order valence-electron chi connectivity index (χ0n) is 8.69. The van der Waals surface area contributed by atoms with E-state index < -0.39 is 23.6 Å². The molecule has 86 valence electrons. The van der Waals surface area contributed by atoms with Crippen LogP contribution in [0.2, 0.25) is 0 Å². The fourth-order valence-corrected chi connectivity index (χ4v) is 1.50. The molecule has 2 atom stereocenters. The van der Waals surface area contributed by atoms with Crippen molar-refractivity contribution in [2.24, 2.45) is 0 Å². The Kier molecular flexibility index (Phi) is 3.65. The molecule has 0 aromatic heterocycles. The second kappa shape index (κ2) is 4.59. The number of carbonyl (C=O) groups is 2. The molecule has 0 saturated carbocycles. The minimum atomic E-state index is -1.65. The first-order valence-electron chi connectivity index (χ1n) is 4.54. The first kappa shape index (κ1) is 11.9. The van der Waals surface area contributed by atoms with E-state index in [1.165, 1.54) is 14.2 Å². The highest BCUT2D eigenvalue weighted by Gasteiger charge is 2.45. The van der Waals surface area contributed by atoms with Crippen LogP contribution >= 0.6 is 0 Å². The summed E-state index contributed by atoms with van der Waals surface area (Å²) in [6.45, 7) is 0.116. The minimum absolute atomic E-state index is 0.116. The van der Waals surface area contributed by atoms with Crippen LogP contribution in [0.15, 0.2) is 0 Å². The van der Waals surface area contributed by atoms with E-state index in [2.05, 4.69) is 9.47 Å². The summed E-state index contributed by atoms with van der Waals surface area (Å²) in [5.74, 6) is -1.35. The van der Waals surface area contributed by atoms with Gasteiger partial charge in [-0.15, -0.1) is 0 Å². The van der Waals surface area contributed by atoms with E-state index in [4.69, 9.17) is 4.74 Å². The molecule has 0 amide bonds. The quantitative estimate of drug-likeness (QED) is 0.614. The van der Waals surface area contributed by atoms with Crippen molar-refractivity contribution in [1.29, 1.82) is 0 Å². The Labute approximate surface area is 87.1 Å². The Hall–Kier alpha value is -1.14. The largest absolute Gasteiger partial charge is 0.467 e. The lowest BCUT2D eigenvalue weighted by Gasteiger charge is -2.33. The molecule has 6 heteroatoms. The summed E-state index contributed by atoms with van der Waals surface area (Å²) in [6, 6.07) is 0. The first-order valence-corrected chi connectivity index (χ1v) is 4.54. The summed E-state index contributed by atoms with van der Waals surface area (Å²) >= 11 is 0. The second-order valence-electron chi connectivity index (χ2n) is 3.36. The van der Waals surface area contributed by atoms with Gasteiger partial charge in [0.2, 0.25) is 0 Å². The third kappa shape index (κ3) is 2.45. The molecule has 1 N–H and O–H groups in total. The molecule has 0 spiro atoms. The lowest BCUT2D eigenvalue weighted by molar-refractivity contribution is -0.185. The molecule has 0 aliphatic carbocycles. The third-order valence-electron chi connectivity index (χ3n) is 2.39. The number of hydrogen-bond acceptors (Lipinski definition) is 6. The molecule has 1 aliphatic heterocycles.